The van der Waals surface area contributed by atoms with Gasteiger partial charge in [0.1, 0.15) is 5.69 Å². The number of pyridine rings is 2. The van der Waals surface area contributed by atoms with Gasteiger partial charge in [-0.3, -0.25) is 14.5 Å². The van der Waals surface area contributed by atoms with Crippen molar-refractivity contribution < 1.29 is 9.18 Å². The lowest BCUT2D eigenvalue weighted by Crippen LogP contribution is -2.18. The van der Waals surface area contributed by atoms with Crippen LogP contribution in [0.25, 0.3) is 28.3 Å². The van der Waals surface area contributed by atoms with E-state index >= 15 is 0 Å². The second kappa shape index (κ2) is 7.94. The van der Waals surface area contributed by atoms with Crippen molar-refractivity contribution in [3.8, 4) is 22.6 Å². The third-order valence-corrected chi connectivity index (χ3v) is 5.23. The Morgan fingerprint density at radius 1 is 1.06 bits per heavy atom. The molecule has 5 aromatic rings. The highest BCUT2D eigenvalue weighted by atomic mass is 19.1. The van der Waals surface area contributed by atoms with Gasteiger partial charge in [-0.25, -0.2) is 13.9 Å². The molecule has 0 bridgehead atoms. The smallest absolute Gasteiger partial charge is 0.274 e. The number of aryl methyl sites for hydroxylation is 3. The number of halogens is 1. The Kier molecular flexibility index (Phi) is 4.93. The molecular formula is C24H20FN7O. The van der Waals surface area contributed by atoms with Crippen LogP contribution in [0.15, 0.2) is 60.9 Å². The van der Waals surface area contributed by atoms with Gasteiger partial charge in [0, 0.05) is 24.4 Å². The van der Waals surface area contributed by atoms with Gasteiger partial charge in [0.05, 0.1) is 29.3 Å². The number of amides is 1. The molecule has 5 rings (SSSR count). The van der Waals surface area contributed by atoms with Gasteiger partial charge in [-0.2, -0.15) is 5.10 Å². The Morgan fingerprint density at radius 3 is 2.61 bits per heavy atom. The second-order valence-corrected chi connectivity index (χ2v) is 7.79. The van der Waals surface area contributed by atoms with E-state index in [4.69, 9.17) is 0 Å². The highest BCUT2D eigenvalue weighted by Gasteiger charge is 2.21. The standard InChI is InChI=1S/C24H20FN7O/c1-14-9-15(2)27-19(10-14)17-12-26-31(3)22(17)24(33)28-20-11-21-29-23(16-7-5-4-6-8-16)30-32(21)13-18(20)25/h4-13H,1-3H3,(H,28,33). The average molecular weight is 441 g/mol. The molecule has 8 nitrogen and oxygen atoms in total. The van der Waals surface area contributed by atoms with Crippen molar-refractivity contribution in [3.63, 3.8) is 0 Å². The molecule has 4 aromatic heterocycles. The molecule has 164 valence electrons. The van der Waals surface area contributed by atoms with Crippen LogP contribution in [0.1, 0.15) is 21.7 Å². The minimum Gasteiger partial charge on any atom is -0.318 e. The van der Waals surface area contributed by atoms with Crippen LogP contribution in [0.4, 0.5) is 10.1 Å². The fraction of sp³-hybridized carbons (Fsp3) is 0.125. The molecule has 1 aromatic carbocycles. The van der Waals surface area contributed by atoms with Crippen molar-refractivity contribution in [3.05, 3.63) is 83.7 Å². The summed E-state index contributed by atoms with van der Waals surface area (Å²) in [5.74, 6) is -0.668. The van der Waals surface area contributed by atoms with Crippen LogP contribution < -0.4 is 5.32 Å². The number of rotatable bonds is 4. The molecule has 0 aliphatic rings. The van der Waals surface area contributed by atoms with E-state index in [1.807, 2.05) is 56.3 Å². The monoisotopic (exact) mass is 441 g/mol. The quantitative estimate of drug-likeness (QED) is 0.451. The van der Waals surface area contributed by atoms with Crippen molar-refractivity contribution in [2.24, 2.45) is 7.05 Å². The van der Waals surface area contributed by atoms with Crippen LogP contribution in [-0.2, 0) is 7.05 Å². The number of nitrogens with zero attached hydrogens (tertiary/aromatic N) is 6. The van der Waals surface area contributed by atoms with Gasteiger partial charge in [0.25, 0.3) is 5.91 Å². The highest BCUT2D eigenvalue weighted by molar-refractivity contribution is 6.07. The summed E-state index contributed by atoms with van der Waals surface area (Å²) in [5, 5.41) is 11.2. The molecule has 1 amide bonds. The van der Waals surface area contributed by atoms with Gasteiger partial charge in [-0.15, -0.1) is 5.10 Å². The Balaban J connectivity index is 1.50. The van der Waals surface area contributed by atoms with Crippen molar-refractivity contribution in [1.82, 2.24) is 29.4 Å². The number of nitrogens with one attached hydrogen (secondary N) is 1. The van der Waals surface area contributed by atoms with E-state index in [0.29, 0.717) is 22.7 Å². The van der Waals surface area contributed by atoms with Gasteiger partial charge in [0.15, 0.2) is 17.3 Å². The van der Waals surface area contributed by atoms with Crippen molar-refractivity contribution >= 4 is 17.2 Å². The first-order chi connectivity index (χ1) is 15.9. The minimum atomic E-state index is -0.631. The zero-order valence-electron chi connectivity index (χ0n) is 18.2. The SMILES string of the molecule is Cc1cc(C)nc(-c2cnn(C)c2C(=O)Nc2cc3nc(-c4ccccc4)nn3cc2F)c1. The van der Waals surface area contributed by atoms with Crippen LogP contribution in [0, 0.1) is 19.7 Å². The molecular weight excluding hydrogens is 421 g/mol. The van der Waals surface area contributed by atoms with Gasteiger partial charge >= 0.3 is 0 Å². The molecule has 9 heteroatoms. The summed E-state index contributed by atoms with van der Waals surface area (Å²) in [6.45, 7) is 3.85. The Labute approximate surface area is 188 Å². The fourth-order valence-electron chi connectivity index (χ4n) is 3.76. The number of carbonyl (C=O) groups is 1. The number of anilines is 1. The predicted molar refractivity (Wildman–Crippen MR) is 122 cm³/mol. The maximum Gasteiger partial charge on any atom is 0.274 e. The molecule has 33 heavy (non-hydrogen) atoms. The third-order valence-electron chi connectivity index (χ3n) is 5.23. The van der Waals surface area contributed by atoms with E-state index in [9.17, 15) is 9.18 Å². The summed E-state index contributed by atoms with van der Waals surface area (Å²) in [4.78, 5) is 22.2. The molecule has 0 aliphatic carbocycles. The number of fused-ring (bicyclic) bond motifs is 1. The minimum absolute atomic E-state index is 0.0000404. The van der Waals surface area contributed by atoms with Crippen LogP contribution in [-0.4, -0.2) is 35.3 Å². The molecule has 0 fully saturated rings. The van der Waals surface area contributed by atoms with Crippen LogP contribution in [0.3, 0.4) is 0 Å². The molecule has 1 N–H and O–H groups in total. The zero-order chi connectivity index (χ0) is 23.1. The molecule has 0 aliphatic heterocycles. The summed E-state index contributed by atoms with van der Waals surface area (Å²) in [7, 11) is 1.66. The summed E-state index contributed by atoms with van der Waals surface area (Å²) in [6, 6.07) is 14.7. The molecule has 0 radical (unpaired) electrons. The van der Waals surface area contributed by atoms with E-state index < -0.39 is 11.7 Å². The lowest BCUT2D eigenvalue weighted by molar-refractivity contribution is 0.101. The van der Waals surface area contributed by atoms with Crippen molar-refractivity contribution in [2.75, 3.05) is 5.32 Å². The predicted octanol–water partition coefficient (Wildman–Crippen LogP) is 4.20. The Bertz CT molecular complexity index is 1480. The molecule has 0 unspecified atom stereocenters. The van der Waals surface area contributed by atoms with Crippen molar-refractivity contribution in [2.45, 2.75) is 13.8 Å². The molecule has 0 saturated heterocycles. The summed E-state index contributed by atoms with van der Waals surface area (Å²) < 4.78 is 17.6. The molecule has 0 atom stereocenters. The normalized spacial score (nSPS) is 11.2. The first kappa shape index (κ1) is 20.5. The number of aromatic nitrogens is 6. The van der Waals surface area contributed by atoms with Gasteiger partial charge < -0.3 is 5.32 Å². The highest BCUT2D eigenvalue weighted by Crippen LogP contribution is 2.25. The topological polar surface area (TPSA) is 90.0 Å². The third kappa shape index (κ3) is 3.84. The van der Waals surface area contributed by atoms with Crippen molar-refractivity contribution in [1.29, 1.82) is 0 Å². The largest absolute Gasteiger partial charge is 0.318 e. The number of carbonyl (C=O) groups excluding carboxylic acids is 1. The van der Waals surface area contributed by atoms with Gasteiger partial charge in [0.2, 0.25) is 0 Å². The summed E-state index contributed by atoms with van der Waals surface area (Å²) in [6.07, 6.45) is 2.78. The Hall–Kier alpha value is -4.40. The number of benzene rings is 1. The summed E-state index contributed by atoms with van der Waals surface area (Å²) >= 11 is 0. The molecule has 4 heterocycles. The first-order valence-corrected chi connectivity index (χ1v) is 10.3. The zero-order valence-corrected chi connectivity index (χ0v) is 18.2. The lowest BCUT2D eigenvalue weighted by Gasteiger charge is -2.09. The summed E-state index contributed by atoms with van der Waals surface area (Å²) in [5.41, 5.74) is 4.55. The van der Waals surface area contributed by atoms with Crippen LogP contribution >= 0.6 is 0 Å². The number of hydrogen-bond donors (Lipinski definition) is 1. The van der Waals surface area contributed by atoms with E-state index in [2.05, 4.69) is 25.5 Å². The van der Waals surface area contributed by atoms with Crippen LogP contribution in [0.5, 0.6) is 0 Å². The molecule has 0 spiro atoms. The maximum atomic E-state index is 14.8. The number of hydrogen-bond acceptors (Lipinski definition) is 5. The van der Waals surface area contributed by atoms with E-state index in [1.54, 1.807) is 13.2 Å². The second-order valence-electron chi connectivity index (χ2n) is 7.79. The average Bonchev–Trinajstić information content (AvgIpc) is 3.37. The van der Waals surface area contributed by atoms with E-state index in [1.165, 1.54) is 21.5 Å². The Morgan fingerprint density at radius 2 is 1.85 bits per heavy atom. The maximum absolute atomic E-state index is 14.8. The van der Waals surface area contributed by atoms with Crippen LogP contribution in [0.2, 0.25) is 0 Å². The fourth-order valence-corrected chi connectivity index (χ4v) is 3.76. The van der Waals surface area contributed by atoms with Gasteiger partial charge in [-0.05, 0) is 31.5 Å². The molecule has 0 saturated carbocycles. The van der Waals surface area contributed by atoms with Gasteiger partial charge in [-0.1, -0.05) is 30.3 Å². The van der Waals surface area contributed by atoms with E-state index in [0.717, 1.165) is 16.8 Å². The van der Waals surface area contributed by atoms with E-state index in [-0.39, 0.29) is 11.4 Å². The first-order valence-electron chi connectivity index (χ1n) is 10.3. The lowest BCUT2D eigenvalue weighted by atomic mass is 10.1.